The van der Waals surface area contributed by atoms with Crippen LogP contribution in [0, 0.1) is 18.3 Å². The van der Waals surface area contributed by atoms with Gasteiger partial charge in [-0.25, -0.2) is 4.98 Å². The van der Waals surface area contributed by atoms with Gasteiger partial charge in [0.2, 0.25) is 0 Å². The lowest BCUT2D eigenvalue weighted by Crippen LogP contribution is -2.15. The van der Waals surface area contributed by atoms with E-state index in [4.69, 9.17) is 15.2 Å². The second-order valence-corrected chi connectivity index (χ2v) is 4.54. The number of nitriles is 1. The van der Waals surface area contributed by atoms with E-state index in [1.807, 2.05) is 31.2 Å². The van der Waals surface area contributed by atoms with Gasteiger partial charge in [-0.15, -0.1) is 0 Å². The van der Waals surface area contributed by atoms with Gasteiger partial charge in [0.15, 0.2) is 11.5 Å². The highest BCUT2D eigenvalue weighted by molar-refractivity contribution is 5.77. The van der Waals surface area contributed by atoms with Gasteiger partial charge in [0.05, 0.1) is 0 Å². The molecule has 0 amide bonds. The Bertz CT molecular complexity index is 720. The van der Waals surface area contributed by atoms with Crippen LogP contribution < -0.4 is 15.2 Å². The van der Waals surface area contributed by atoms with Gasteiger partial charge in [0.25, 0.3) is 0 Å². The molecule has 0 spiro atoms. The van der Waals surface area contributed by atoms with Crippen molar-refractivity contribution in [1.29, 1.82) is 5.26 Å². The molecule has 1 aromatic carbocycles. The first kappa shape index (κ1) is 12.3. The number of pyridine rings is 1. The summed E-state index contributed by atoms with van der Waals surface area (Å²) < 4.78 is 11.1. The standard InChI is InChI=1S/C15H13N3O2/c1-9-6-11(12(8-16)15(17)18-9)10-2-3-13-14(7-10)20-5-4-19-13/h2-3,6-7H,4-5H2,1H3,(H2,17,18). The van der Waals surface area contributed by atoms with Crippen LogP contribution in [0.3, 0.4) is 0 Å². The van der Waals surface area contributed by atoms with Crippen LogP contribution >= 0.6 is 0 Å². The van der Waals surface area contributed by atoms with Gasteiger partial charge in [0.1, 0.15) is 30.7 Å². The number of rotatable bonds is 1. The fourth-order valence-electron chi connectivity index (χ4n) is 2.25. The predicted molar refractivity (Wildman–Crippen MR) is 74.5 cm³/mol. The molecule has 2 heterocycles. The molecule has 2 N–H and O–H groups in total. The maximum atomic E-state index is 9.26. The van der Waals surface area contributed by atoms with E-state index in [1.54, 1.807) is 0 Å². The first-order valence-corrected chi connectivity index (χ1v) is 6.26. The third-order valence-corrected chi connectivity index (χ3v) is 3.14. The van der Waals surface area contributed by atoms with E-state index < -0.39 is 0 Å². The molecule has 0 atom stereocenters. The average Bonchev–Trinajstić information content (AvgIpc) is 2.46. The summed E-state index contributed by atoms with van der Waals surface area (Å²) in [6.07, 6.45) is 0. The lowest BCUT2D eigenvalue weighted by Gasteiger charge is -2.19. The van der Waals surface area contributed by atoms with Crippen molar-refractivity contribution in [1.82, 2.24) is 4.98 Å². The van der Waals surface area contributed by atoms with E-state index in [1.165, 1.54) is 0 Å². The second-order valence-electron chi connectivity index (χ2n) is 4.54. The molecule has 0 aliphatic carbocycles. The second kappa shape index (κ2) is 4.74. The smallest absolute Gasteiger partial charge is 0.161 e. The van der Waals surface area contributed by atoms with Gasteiger partial charge in [-0.3, -0.25) is 0 Å². The molecule has 0 bridgehead atoms. The molecule has 0 radical (unpaired) electrons. The van der Waals surface area contributed by atoms with Crippen LogP contribution in [-0.4, -0.2) is 18.2 Å². The Kier molecular flexibility index (Phi) is 2.92. The number of nitrogens with two attached hydrogens (primary N) is 1. The van der Waals surface area contributed by atoms with Crippen molar-refractivity contribution in [2.24, 2.45) is 0 Å². The van der Waals surface area contributed by atoms with Crippen LogP contribution in [0.2, 0.25) is 0 Å². The molecular weight excluding hydrogens is 254 g/mol. The number of nitrogen functional groups attached to an aromatic ring is 1. The summed E-state index contributed by atoms with van der Waals surface area (Å²) >= 11 is 0. The molecule has 1 aliphatic rings. The normalized spacial score (nSPS) is 12.8. The van der Waals surface area contributed by atoms with Crippen molar-refractivity contribution in [3.05, 3.63) is 35.5 Å². The molecule has 20 heavy (non-hydrogen) atoms. The molecule has 2 aromatic rings. The van der Waals surface area contributed by atoms with Crippen molar-refractivity contribution in [2.45, 2.75) is 6.92 Å². The highest BCUT2D eigenvalue weighted by Crippen LogP contribution is 2.36. The van der Waals surface area contributed by atoms with E-state index in [9.17, 15) is 5.26 Å². The summed E-state index contributed by atoms with van der Waals surface area (Å²) in [7, 11) is 0. The maximum Gasteiger partial charge on any atom is 0.161 e. The minimum Gasteiger partial charge on any atom is -0.486 e. The van der Waals surface area contributed by atoms with Gasteiger partial charge >= 0.3 is 0 Å². The zero-order valence-electron chi connectivity index (χ0n) is 11.0. The quantitative estimate of drug-likeness (QED) is 0.857. The minimum atomic E-state index is 0.248. The van der Waals surface area contributed by atoms with Crippen molar-refractivity contribution in [3.8, 4) is 28.7 Å². The SMILES string of the molecule is Cc1cc(-c2ccc3c(c2)OCCO3)c(C#N)c(N)n1. The summed E-state index contributed by atoms with van der Waals surface area (Å²) in [6.45, 7) is 2.93. The van der Waals surface area contributed by atoms with Gasteiger partial charge in [0, 0.05) is 11.3 Å². The molecular formula is C15H13N3O2. The Morgan fingerprint density at radius 2 is 1.95 bits per heavy atom. The zero-order chi connectivity index (χ0) is 14.1. The Hall–Kier alpha value is -2.74. The van der Waals surface area contributed by atoms with E-state index in [0.717, 1.165) is 22.6 Å². The lowest BCUT2D eigenvalue weighted by molar-refractivity contribution is 0.171. The van der Waals surface area contributed by atoms with Crippen molar-refractivity contribution >= 4 is 5.82 Å². The molecule has 0 fully saturated rings. The molecule has 5 nitrogen and oxygen atoms in total. The monoisotopic (exact) mass is 267 g/mol. The zero-order valence-corrected chi connectivity index (χ0v) is 11.0. The van der Waals surface area contributed by atoms with Crippen LogP contribution in [0.25, 0.3) is 11.1 Å². The third kappa shape index (κ3) is 2.01. The molecule has 5 heteroatoms. The number of fused-ring (bicyclic) bond motifs is 1. The third-order valence-electron chi connectivity index (χ3n) is 3.14. The van der Waals surface area contributed by atoms with Crippen LogP contribution in [0.1, 0.15) is 11.3 Å². The summed E-state index contributed by atoms with van der Waals surface area (Å²) in [5.74, 6) is 1.65. The molecule has 0 saturated heterocycles. The number of nitrogens with zero attached hydrogens (tertiary/aromatic N) is 2. The topological polar surface area (TPSA) is 81.2 Å². The van der Waals surface area contributed by atoms with Crippen LogP contribution in [0.15, 0.2) is 24.3 Å². The number of hydrogen-bond donors (Lipinski definition) is 1. The minimum absolute atomic E-state index is 0.248. The first-order chi connectivity index (χ1) is 9.69. The van der Waals surface area contributed by atoms with E-state index in [-0.39, 0.29) is 5.82 Å². The van der Waals surface area contributed by atoms with Crippen LogP contribution in [-0.2, 0) is 0 Å². The van der Waals surface area contributed by atoms with E-state index in [0.29, 0.717) is 24.5 Å². The van der Waals surface area contributed by atoms with Gasteiger partial charge in [-0.2, -0.15) is 5.26 Å². The van der Waals surface area contributed by atoms with Crippen molar-refractivity contribution in [2.75, 3.05) is 18.9 Å². The number of hydrogen-bond acceptors (Lipinski definition) is 5. The lowest BCUT2D eigenvalue weighted by atomic mass is 10.00. The maximum absolute atomic E-state index is 9.26. The number of aryl methyl sites for hydroxylation is 1. The van der Waals surface area contributed by atoms with Crippen molar-refractivity contribution < 1.29 is 9.47 Å². The predicted octanol–water partition coefficient (Wildman–Crippen LogP) is 2.28. The molecule has 1 aromatic heterocycles. The van der Waals surface area contributed by atoms with Gasteiger partial charge in [-0.1, -0.05) is 6.07 Å². The molecule has 100 valence electrons. The fraction of sp³-hybridized carbons (Fsp3) is 0.200. The number of anilines is 1. The number of ether oxygens (including phenoxy) is 2. The summed E-state index contributed by atoms with van der Waals surface area (Å²) in [6, 6.07) is 9.56. The fourth-order valence-corrected chi connectivity index (χ4v) is 2.25. The Balaban J connectivity index is 2.16. The van der Waals surface area contributed by atoms with Gasteiger partial charge < -0.3 is 15.2 Å². The van der Waals surface area contributed by atoms with Crippen molar-refractivity contribution in [3.63, 3.8) is 0 Å². The van der Waals surface area contributed by atoms with Gasteiger partial charge in [-0.05, 0) is 30.7 Å². The molecule has 0 unspecified atom stereocenters. The Morgan fingerprint density at radius 3 is 2.70 bits per heavy atom. The Morgan fingerprint density at radius 1 is 1.20 bits per heavy atom. The highest BCUT2D eigenvalue weighted by atomic mass is 16.6. The summed E-state index contributed by atoms with van der Waals surface area (Å²) in [5.41, 5.74) is 8.59. The van der Waals surface area contributed by atoms with Crippen LogP contribution in [0.5, 0.6) is 11.5 Å². The first-order valence-electron chi connectivity index (χ1n) is 6.26. The number of benzene rings is 1. The summed E-state index contributed by atoms with van der Waals surface area (Å²) in [5, 5.41) is 9.26. The van der Waals surface area contributed by atoms with Crippen LogP contribution in [0.4, 0.5) is 5.82 Å². The molecule has 1 aliphatic heterocycles. The Labute approximate surface area is 116 Å². The summed E-state index contributed by atoms with van der Waals surface area (Å²) in [4.78, 5) is 4.12. The molecule has 0 saturated carbocycles. The average molecular weight is 267 g/mol. The van der Waals surface area contributed by atoms with E-state index >= 15 is 0 Å². The largest absolute Gasteiger partial charge is 0.486 e. The number of aromatic nitrogens is 1. The molecule has 3 rings (SSSR count). The highest BCUT2D eigenvalue weighted by Gasteiger charge is 2.16. The van der Waals surface area contributed by atoms with E-state index in [2.05, 4.69) is 11.1 Å².